The molecule has 1 aromatic heterocycles. The van der Waals surface area contributed by atoms with Crippen molar-refractivity contribution in [3.8, 4) is 11.6 Å². The Bertz CT molecular complexity index is 686. The van der Waals surface area contributed by atoms with Gasteiger partial charge in [0.15, 0.2) is 11.6 Å². The molecular weight excluding hydrogens is 359 g/mol. The second-order valence-corrected chi connectivity index (χ2v) is 6.97. The van der Waals surface area contributed by atoms with Gasteiger partial charge in [0.2, 0.25) is 5.88 Å². The zero-order valence-electron chi connectivity index (χ0n) is 12.2. The molecule has 3 nitrogen and oxygen atoms in total. The molecular formula is C15H15BrClFN2O. The second kappa shape index (κ2) is 5.89. The van der Waals surface area contributed by atoms with E-state index < -0.39 is 5.82 Å². The summed E-state index contributed by atoms with van der Waals surface area (Å²) in [5.41, 5.74) is 0.287. The molecule has 0 fully saturated rings. The van der Waals surface area contributed by atoms with Gasteiger partial charge in [0.1, 0.15) is 11.0 Å². The second-order valence-electron chi connectivity index (χ2n) is 5.69. The molecule has 1 aromatic carbocycles. The molecule has 0 aliphatic heterocycles. The van der Waals surface area contributed by atoms with Crippen molar-refractivity contribution < 1.29 is 9.13 Å². The average molecular weight is 374 g/mol. The van der Waals surface area contributed by atoms with Crippen molar-refractivity contribution >= 4 is 27.5 Å². The predicted molar refractivity (Wildman–Crippen MR) is 84.7 cm³/mol. The van der Waals surface area contributed by atoms with Gasteiger partial charge in [-0.2, -0.15) is 4.98 Å². The molecule has 0 N–H and O–H groups in total. The van der Waals surface area contributed by atoms with E-state index >= 15 is 0 Å². The molecule has 1 heterocycles. The molecule has 2 rings (SSSR count). The van der Waals surface area contributed by atoms with Crippen molar-refractivity contribution in [2.24, 2.45) is 0 Å². The zero-order chi connectivity index (χ0) is 15.8. The molecule has 0 bridgehead atoms. The highest BCUT2D eigenvalue weighted by atomic mass is 79.9. The van der Waals surface area contributed by atoms with Crippen molar-refractivity contribution in [3.63, 3.8) is 0 Å². The molecule has 0 aliphatic carbocycles. The van der Waals surface area contributed by atoms with E-state index in [1.807, 2.05) is 20.8 Å². The summed E-state index contributed by atoms with van der Waals surface area (Å²) >= 11 is 9.41. The molecule has 0 unspecified atom stereocenters. The molecule has 21 heavy (non-hydrogen) atoms. The third-order valence-electron chi connectivity index (χ3n) is 2.81. The first kappa shape index (κ1) is 16.2. The fourth-order valence-corrected chi connectivity index (χ4v) is 2.07. The fourth-order valence-electron chi connectivity index (χ4n) is 1.56. The molecule has 112 valence electrons. The zero-order valence-corrected chi connectivity index (χ0v) is 14.5. The maximum absolute atomic E-state index is 13.8. The van der Waals surface area contributed by atoms with E-state index in [-0.39, 0.29) is 17.0 Å². The predicted octanol–water partition coefficient (Wildman–Crippen LogP) is 5.43. The lowest BCUT2D eigenvalue weighted by Crippen LogP contribution is -2.17. The van der Waals surface area contributed by atoms with E-state index in [2.05, 4.69) is 25.9 Å². The first-order valence-electron chi connectivity index (χ1n) is 6.36. The number of ether oxygens (including phenoxy) is 1. The van der Waals surface area contributed by atoms with E-state index in [0.717, 1.165) is 0 Å². The van der Waals surface area contributed by atoms with Crippen LogP contribution in [0.15, 0.2) is 22.7 Å². The first-order valence-corrected chi connectivity index (χ1v) is 7.53. The normalized spacial score (nSPS) is 11.6. The average Bonchev–Trinajstić information content (AvgIpc) is 2.37. The van der Waals surface area contributed by atoms with Crippen LogP contribution in [0.1, 0.15) is 32.2 Å². The molecule has 0 saturated heterocycles. The quantitative estimate of drug-likeness (QED) is 0.658. The Morgan fingerprint density at radius 1 is 1.24 bits per heavy atom. The van der Waals surface area contributed by atoms with Gasteiger partial charge in [-0.25, -0.2) is 9.37 Å². The van der Waals surface area contributed by atoms with Gasteiger partial charge in [-0.15, -0.1) is 0 Å². The molecule has 0 spiro atoms. The number of hydrogen-bond donors (Lipinski definition) is 0. The van der Waals surface area contributed by atoms with Gasteiger partial charge in [0.25, 0.3) is 0 Å². The lowest BCUT2D eigenvalue weighted by molar-refractivity contribution is 0.414. The molecule has 0 radical (unpaired) electrons. The van der Waals surface area contributed by atoms with Crippen molar-refractivity contribution in [1.29, 1.82) is 0 Å². The van der Waals surface area contributed by atoms with Gasteiger partial charge < -0.3 is 4.74 Å². The number of halogens is 3. The number of rotatable bonds is 2. The highest BCUT2D eigenvalue weighted by Crippen LogP contribution is 2.32. The molecule has 0 aliphatic rings. The topological polar surface area (TPSA) is 35.0 Å². The van der Waals surface area contributed by atoms with Crippen molar-refractivity contribution in [3.05, 3.63) is 45.0 Å². The third kappa shape index (κ3) is 3.71. The lowest BCUT2D eigenvalue weighted by Gasteiger charge is -2.19. The fraction of sp³-hybridized carbons (Fsp3) is 0.333. The van der Waals surface area contributed by atoms with Gasteiger partial charge in [-0.05, 0) is 25.1 Å². The summed E-state index contributed by atoms with van der Waals surface area (Å²) in [4.78, 5) is 8.63. The van der Waals surface area contributed by atoms with E-state index in [0.29, 0.717) is 21.0 Å². The Hall–Kier alpha value is -1.20. The Morgan fingerprint density at radius 2 is 1.90 bits per heavy atom. The van der Waals surface area contributed by atoms with Crippen LogP contribution >= 0.6 is 27.5 Å². The Morgan fingerprint density at radius 3 is 2.52 bits per heavy atom. The minimum absolute atomic E-state index is 0.0853. The Balaban J connectivity index is 2.49. The van der Waals surface area contributed by atoms with Gasteiger partial charge in [0.05, 0.1) is 0 Å². The van der Waals surface area contributed by atoms with Crippen molar-refractivity contribution in [1.82, 2.24) is 9.97 Å². The largest absolute Gasteiger partial charge is 0.435 e. The molecule has 0 atom stereocenters. The third-order valence-corrected chi connectivity index (χ3v) is 3.67. The van der Waals surface area contributed by atoms with Gasteiger partial charge in [-0.3, -0.25) is 0 Å². The smallest absolute Gasteiger partial charge is 0.227 e. The van der Waals surface area contributed by atoms with E-state index in [1.165, 1.54) is 6.07 Å². The summed E-state index contributed by atoms with van der Waals surface area (Å²) in [6.07, 6.45) is 0. The molecule has 2 aromatic rings. The molecule has 0 saturated carbocycles. The summed E-state index contributed by atoms with van der Waals surface area (Å²) in [7, 11) is 0. The van der Waals surface area contributed by atoms with Gasteiger partial charge in [-0.1, -0.05) is 48.3 Å². The van der Waals surface area contributed by atoms with Crippen LogP contribution in [0.25, 0.3) is 0 Å². The first-order chi connectivity index (χ1) is 9.68. The summed E-state index contributed by atoms with van der Waals surface area (Å²) in [5, 5.41) is 0.306. The monoisotopic (exact) mass is 372 g/mol. The van der Waals surface area contributed by atoms with Crippen LogP contribution < -0.4 is 4.74 Å². The minimum atomic E-state index is -0.468. The van der Waals surface area contributed by atoms with Crippen LogP contribution in [0.2, 0.25) is 5.15 Å². The van der Waals surface area contributed by atoms with E-state index in [9.17, 15) is 4.39 Å². The maximum Gasteiger partial charge on any atom is 0.227 e. The SMILES string of the molecule is Cc1c(Cl)nc(C(C)(C)C)nc1Oc1cc(Br)ccc1F. The highest BCUT2D eigenvalue weighted by molar-refractivity contribution is 9.10. The number of aromatic nitrogens is 2. The maximum atomic E-state index is 13.8. The van der Waals surface area contributed by atoms with E-state index in [1.54, 1.807) is 19.1 Å². The Labute approximate surface area is 136 Å². The van der Waals surface area contributed by atoms with Gasteiger partial charge >= 0.3 is 0 Å². The van der Waals surface area contributed by atoms with Crippen LogP contribution in [0, 0.1) is 12.7 Å². The molecule has 0 amide bonds. The number of hydrogen-bond acceptors (Lipinski definition) is 3. The van der Waals surface area contributed by atoms with Crippen LogP contribution in [0.5, 0.6) is 11.6 Å². The van der Waals surface area contributed by atoms with Crippen molar-refractivity contribution in [2.75, 3.05) is 0 Å². The van der Waals surface area contributed by atoms with Crippen LogP contribution in [-0.2, 0) is 5.41 Å². The molecule has 6 heteroatoms. The van der Waals surface area contributed by atoms with Gasteiger partial charge in [0, 0.05) is 15.5 Å². The summed E-state index contributed by atoms with van der Waals surface area (Å²) in [5.74, 6) is 0.423. The summed E-state index contributed by atoms with van der Waals surface area (Å²) < 4.78 is 20.1. The summed E-state index contributed by atoms with van der Waals surface area (Å²) in [6, 6.07) is 4.46. The van der Waals surface area contributed by atoms with Crippen LogP contribution in [-0.4, -0.2) is 9.97 Å². The van der Waals surface area contributed by atoms with Crippen LogP contribution in [0.4, 0.5) is 4.39 Å². The van der Waals surface area contributed by atoms with Crippen LogP contribution in [0.3, 0.4) is 0 Å². The number of nitrogens with zero attached hydrogens (tertiary/aromatic N) is 2. The van der Waals surface area contributed by atoms with Crippen molar-refractivity contribution in [2.45, 2.75) is 33.1 Å². The summed E-state index contributed by atoms with van der Waals surface area (Å²) in [6.45, 7) is 7.65. The lowest BCUT2D eigenvalue weighted by atomic mass is 9.96. The Kier molecular flexibility index (Phi) is 4.54. The highest BCUT2D eigenvalue weighted by Gasteiger charge is 2.22. The minimum Gasteiger partial charge on any atom is -0.435 e. The van der Waals surface area contributed by atoms with E-state index in [4.69, 9.17) is 16.3 Å². The standard InChI is InChI=1S/C15H15BrClFN2O/c1-8-12(17)19-14(15(2,3)4)20-13(8)21-11-7-9(16)5-6-10(11)18/h5-7H,1-4H3. The number of benzene rings is 1.